The van der Waals surface area contributed by atoms with E-state index in [2.05, 4.69) is 31.3 Å². The third-order valence-corrected chi connectivity index (χ3v) is 4.65. The van der Waals surface area contributed by atoms with E-state index in [1.54, 1.807) is 0 Å². The number of benzene rings is 1. The molecule has 7 heteroatoms. The van der Waals surface area contributed by atoms with Crippen molar-refractivity contribution in [3.8, 4) is 0 Å². The summed E-state index contributed by atoms with van der Waals surface area (Å²) in [5.74, 6) is 0.926. The van der Waals surface area contributed by atoms with Crippen molar-refractivity contribution in [2.45, 2.75) is 6.54 Å². The van der Waals surface area contributed by atoms with Crippen molar-refractivity contribution in [3.63, 3.8) is 0 Å². The van der Waals surface area contributed by atoms with Gasteiger partial charge in [-0.2, -0.15) is 5.10 Å². The van der Waals surface area contributed by atoms with Gasteiger partial charge < -0.3 is 15.1 Å². The summed E-state index contributed by atoms with van der Waals surface area (Å²) >= 11 is 6.31. The van der Waals surface area contributed by atoms with Crippen LogP contribution in [-0.4, -0.2) is 53.9 Å². The minimum atomic E-state index is 0.716. The van der Waals surface area contributed by atoms with Crippen LogP contribution in [0.5, 0.6) is 0 Å². The summed E-state index contributed by atoms with van der Waals surface area (Å²) < 4.78 is 1.87. The minimum Gasteiger partial charge on any atom is -0.367 e. The van der Waals surface area contributed by atoms with E-state index >= 15 is 0 Å². The van der Waals surface area contributed by atoms with Gasteiger partial charge in [0.05, 0.1) is 22.9 Å². The fourth-order valence-corrected chi connectivity index (χ4v) is 3.20. The number of nitrogens with zero attached hydrogens (tertiary/aromatic N) is 5. The van der Waals surface area contributed by atoms with Crippen LogP contribution >= 0.6 is 11.6 Å². The van der Waals surface area contributed by atoms with Crippen LogP contribution in [0.3, 0.4) is 0 Å². The fraction of sp³-hybridized carbons (Fsp3) is 0.412. The van der Waals surface area contributed by atoms with E-state index in [-0.39, 0.29) is 0 Å². The smallest absolute Gasteiger partial charge is 0.194 e. The van der Waals surface area contributed by atoms with Crippen LogP contribution in [0.1, 0.15) is 5.69 Å². The van der Waals surface area contributed by atoms with Gasteiger partial charge in [0.2, 0.25) is 0 Å². The maximum absolute atomic E-state index is 6.31. The van der Waals surface area contributed by atoms with E-state index in [1.165, 1.54) is 0 Å². The first kappa shape index (κ1) is 16.6. The van der Waals surface area contributed by atoms with Crippen LogP contribution in [0, 0.1) is 0 Å². The normalized spacial score (nSPS) is 15.7. The van der Waals surface area contributed by atoms with E-state index in [0.717, 1.165) is 48.5 Å². The Hall–Kier alpha value is -2.21. The molecule has 1 N–H and O–H groups in total. The van der Waals surface area contributed by atoms with Crippen molar-refractivity contribution in [1.29, 1.82) is 0 Å². The number of aliphatic imine (C=N–C) groups is 1. The fourth-order valence-electron chi connectivity index (χ4n) is 2.94. The number of halogens is 1. The summed E-state index contributed by atoms with van der Waals surface area (Å²) in [5.41, 5.74) is 2.24. The van der Waals surface area contributed by atoms with Crippen molar-refractivity contribution in [1.82, 2.24) is 20.0 Å². The average molecular weight is 347 g/mol. The Kier molecular flexibility index (Phi) is 5.25. The molecule has 1 fully saturated rings. The highest BCUT2D eigenvalue weighted by molar-refractivity contribution is 6.33. The molecule has 1 aromatic heterocycles. The zero-order valence-corrected chi connectivity index (χ0v) is 14.9. The number of para-hydroxylation sites is 1. The molecule has 0 aliphatic carbocycles. The highest BCUT2D eigenvalue weighted by Crippen LogP contribution is 2.25. The average Bonchev–Trinajstić information content (AvgIpc) is 3.02. The molecule has 24 heavy (non-hydrogen) atoms. The van der Waals surface area contributed by atoms with Gasteiger partial charge in [-0.1, -0.05) is 23.7 Å². The number of aryl methyl sites for hydroxylation is 1. The Morgan fingerprint density at radius 3 is 2.58 bits per heavy atom. The van der Waals surface area contributed by atoms with Gasteiger partial charge in [0, 0.05) is 46.5 Å². The Morgan fingerprint density at radius 2 is 1.96 bits per heavy atom. The lowest BCUT2D eigenvalue weighted by Gasteiger charge is -2.38. The quantitative estimate of drug-likeness (QED) is 0.682. The van der Waals surface area contributed by atoms with Crippen molar-refractivity contribution in [2.75, 3.05) is 38.1 Å². The van der Waals surface area contributed by atoms with Gasteiger partial charge in [0.1, 0.15) is 0 Å². The number of rotatable bonds is 3. The van der Waals surface area contributed by atoms with Gasteiger partial charge in [0.15, 0.2) is 5.96 Å². The molecule has 0 unspecified atom stereocenters. The molecule has 1 aliphatic rings. The lowest BCUT2D eigenvalue weighted by molar-refractivity contribution is 0.372. The zero-order chi connectivity index (χ0) is 16.9. The highest BCUT2D eigenvalue weighted by atomic mass is 35.5. The Labute approximate surface area is 147 Å². The summed E-state index contributed by atoms with van der Waals surface area (Å²) in [4.78, 5) is 9.02. The molecular formula is C17H23ClN6. The van der Waals surface area contributed by atoms with Gasteiger partial charge in [-0.25, -0.2) is 0 Å². The van der Waals surface area contributed by atoms with Crippen LogP contribution < -0.4 is 10.2 Å². The maximum Gasteiger partial charge on any atom is 0.194 e. The molecule has 2 aromatic rings. The topological polar surface area (TPSA) is 48.7 Å². The molecule has 0 saturated carbocycles. The molecule has 0 bridgehead atoms. The van der Waals surface area contributed by atoms with E-state index in [0.29, 0.717) is 6.54 Å². The van der Waals surface area contributed by atoms with E-state index in [1.807, 2.05) is 49.2 Å². The maximum atomic E-state index is 6.31. The van der Waals surface area contributed by atoms with Crippen LogP contribution in [-0.2, 0) is 13.6 Å². The van der Waals surface area contributed by atoms with Gasteiger partial charge in [-0.05, 0) is 18.2 Å². The summed E-state index contributed by atoms with van der Waals surface area (Å²) in [5, 5.41) is 8.42. The lowest BCUT2D eigenvalue weighted by atomic mass is 10.2. The Bertz CT molecular complexity index is 703. The van der Waals surface area contributed by atoms with E-state index < -0.39 is 0 Å². The minimum absolute atomic E-state index is 0.716. The molecule has 1 aliphatic heterocycles. The van der Waals surface area contributed by atoms with E-state index in [4.69, 9.17) is 11.6 Å². The molecule has 6 nitrogen and oxygen atoms in total. The monoisotopic (exact) mass is 346 g/mol. The van der Waals surface area contributed by atoms with Crippen molar-refractivity contribution >= 4 is 23.2 Å². The summed E-state index contributed by atoms with van der Waals surface area (Å²) in [6, 6.07) is 10.0. The first-order valence-electron chi connectivity index (χ1n) is 8.11. The summed E-state index contributed by atoms with van der Waals surface area (Å²) in [6.45, 7) is 4.40. The standard InChI is InChI=1S/C17H23ClN6/c1-19-17(20-13-14-7-8-21-22(14)2)24-11-9-23(10-12-24)16-6-4-3-5-15(16)18/h3-8H,9-13H2,1-2H3,(H,19,20). The second kappa shape index (κ2) is 7.57. The molecule has 0 atom stereocenters. The molecule has 0 spiro atoms. The SMILES string of the molecule is CN=C(NCc1ccnn1C)N1CCN(c2ccccc2Cl)CC1. The highest BCUT2D eigenvalue weighted by Gasteiger charge is 2.21. The Morgan fingerprint density at radius 1 is 1.21 bits per heavy atom. The van der Waals surface area contributed by atoms with Crippen LogP contribution in [0.25, 0.3) is 0 Å². The largest absolute Gasteiger partial charge is 0.367 e. The third kappa shape index (κ3) is 3.64. The first-order valence-corrected chi connectivity index (χ1v) is 8.49. The molecule has 1 aromatic carbocycles. The number of hydrogen-bond acceptors (Lipinski definition) is 3. The Balaban J connectivity index is 1.57. The van der Waals surface area contributed by atoms with Gasteiger partial charge in [-0.15, -0.1) is 0 Å². The number of anilines is 1. The third-order valence-electron chi connectivity index (χ3n) is 4.33. The van der Waals surface area contributed by atoms with Crippen molar-refractivity contribution < 1.29 is 0 Å². The molecule has 2 heterocycles. The zero-order valence-electron chi connectivity index (χ0n) is 14.1. The lowest BCUT2D eigenvalue weighted by Crippen LogP contribution is -2.52. The van der Waals surface area contributed by atoms with Crippen molar-refractivity contribution in [2.24, 2.45) is 12.0 Å². The van der Waals surface area contributed by atoms with Crippen LogP contribution in [0.15, 0.2) is 41.5 Å². The second-order valence-corrected chi connectivity index (χ2v) is 6.18. The van der Waals surface area contributed by atoms with E-state index in [9.17, 15) is 0 Å². The molecule has 0 radical (unpaired) electrons. The van der Waals surface area contributed by atoms with Crippen LogP contribution in [0.2, 0.25) is 5.02 Å². The van der Waals surface area contributed by atoms with Crippen molar-refractivity contribution in [3.05, 3.63) is 47.2 Å². The first-order chi connectivity index (χ1) is 11.7. The van der Waals surface area contributed by atoms with Crippen LogP contribution in [0.4, 0.5) is 5.69 Å². The predicted octanol–water partition coefficient (Wildman–Crippen LogP) is 1.97. The number of hydrogen-bond donors (Lipinski definition) is 1. The molecule has 3 rings (SSSR count). The number of guanidine groups is 1. The molecule has 1 saturated heterocycles. The molecule has 0 amide bonds. The number of nitrogens with one attached hydrogen (secondary N) is 1. The second-order valence-electron chi connectivity index (χ2n) is 5.77. The van der Waals surface area contributed by atoms with Gasteiger partial charge in [-0.3, -0.25) is 9.67 Å². The number of aromatic nitrogens is 2. The summed E-state index contributed by atoms with van der Waals surface area (Å²) in [7, 11) is 3.77. The van der Waals surface area contributed by atoms with Gasteiger partial charge in [0.25, 0.3) is 0 Å². The molecule has 128 valence electrons. The van der Waals surface area contributed by atoms with Gasteiger partial charge >= 0.3 is 0 Å². The summed E-state index contributed by atoms with van der Waals surface area (Å²) in [6.07, 6.45) is 1.81. The predicted molar refractivity (Wildman–Crippen MR) is 98.6 cm³/mol. The number of piperazine rings is 1. The molecular weight excluding hydrogens is 324 g/mol.